The first-order valence-corrected chi connectivity index (χ1v) is 6.89. The molecule has 3 rings (SSSR count). The van der Waals surface area contributed by atoms with Crippen LogP contribution in [0.15, 0.2) is 47.4 Å². The Kier molecular flexibility index (Phi) is 3.47. The number of fused-ring (bicyclic) bond motifs is 1. The molecule has 5 nitrogen and oxygen atoms in total. The van der Waals surface area contributed by atoms with Crippen molar-refractivity contribution in [3.63, 3.8) is 0 Å². The van der Waals surface area contributed by atoms with Gasteiger partial charge in [-0.2, -0.15) is 5.10 Å². The van der Waals surface area contributed by atoms with Crippen LogP contribution in [0.25, 0.3) is 17.0 Å². The highest BCUT2D eigenvalue weighted by Crippen LogP contribution is 2.12. The molecule has 0 amide bonds. The lowest BCUT2D eigenvalue weighted by Crippen LogP contribution is -2.09. The molecule has 110 valence electrons. The number of ketones is 1. The van der Waals surface area contributed by atoms with Crippen LogP contribution < -0.4 is 5.56 Å². The number of hydrogen-bond acceptors (Lipinski definition) is 3. The molecule has 0 saturated carbocycles. The average molecular weight is 293 g/mol. The Bertz CT molecular complexity index is 948. The van der Waals surface area contributed by atoms with Crippen LogP contribution >= 0.6 is 0 Å². The first-order valence-electron chi connectivity index (χ1n) is 6.89. The van der Waals surface area contributed by atoms with Crippen molar-refractivity contribution < 1.29 is 4.79 Å². The molecular weight excluding hydrogens is 278 g/mol. The molecule has 0 atom stereocenters. The summed E-state index contributed by atoms with van der Waals surface area (Å²) in [6, 6.07) is 9.29. The number of carbonyl (C=O) groups excluding carboxylic acids is 1. The van der Waals surface area contributed by atoms with Crippen LogP contribution in [0.3, 0.4) is 0 Å². The first-order chi connectivity index (χ1) is 10.5. The summed E-state index contributed by atoms with van der Waals surface area (Å²) >= 11 is 0. The van der Waals surface area contributed by atoms with E-state index >= 15 is 0 Å². The monoisotopic (exact) mass is 293 g/mol. The number of aromatic nitrogens is 3. The van der Waals surface area contributed by atoms with Crippen LogP contribution in [0.2, 0.25) is 0 Å². The van der Waals surface area contributed by atoms with E-state index in [-0.39, 0.29) is 11.3 Å². The fourth-order valence-corrected chi connectivity index (χ4v) is 2.38. The standard InChI is InChI=1S/C17H15N3O2/c1-11-14(10-20(2)19-11)16(21)8-7-13-9-12-5-3-4-6-15(12)18-17(13)22/h3-10H,1-2H3,(H,18,22). The third kappa shape index (κ3) is 2.61. The second-order valence-electron chi connectivity index (χ2n) is 5.14. The molecule has 0 fully saturated rings. The molecule has 2 aromatic heterocycles. The van der Waals surface area contributed by atoms with Gasteiger partial charge in [0.05, 0.1) is 11.3 Å². The number of allylic oxidation sites excluding steroid dienone is 1. The molecule has 0 aliphatic carbocycles. The summed E-state index contributed by atoms with van der Waals surface area (Å²) in [6.45, 7) is 1.78. The molecule has 1 N–H and O–H groups in total. The number of hydrogen-bond donors (Lipinski definition) is 1. The molecule has 1 aromatic carbocycles. The number of para-hydroxylation sites is 1. The molecule has 22 heavy (non-hydrogen) atoms. The van der Waals surface area contributed by atoms with Crippen LogP contribution in [0.4, 0.5) is 0 Å². The summed E-state index contributed by atoms with van der Waals surface area (Å²) < 4.78 is 1.60. The number of pyridine rings is 1. The van der Waals surface area contributed by atoms with Crippen molar-refractivity contribution >= 4 is 22.8 Å². The minimum atomic E-state index is -0.217. The average Bonchev–Trinajstić information content (AvgIpc) is 2.83. The van der Waals surface area contributed by atoms with Crippen molar-refractivity contribution in [3.8, 4) is 0 Å². The van der Waals surface area contributed by atoms with Gasteiger partial charge in [-0.25, -0.2) is 0 Å². The zero-order chi connectivity index (χ0) is 15.7. The topological polar surface area (TPSA) is 67.8 Å². The minimum Gasteiger partial charge on any atom is -0.321 e. The van der Waals surface area contributed by atoms with Gasteiger partial charge in [-0.15, -0.1) is 0 Å². The SMILES string of the molecule is Cc1nn(C)cc1C(=O)C=Cc1cc2ccccc2[nH]c1=O. The second-order valence-corrected chi connectivity index (χ2v) is 5.14. The maximum absolute atomic E-state index is 12.2. The predicted octanol–water partition coefficient (Wildman–Crippen LogP) is 2.47. The summed E-state index contributed by atoms with van der Waals surface area (Å²) in [6.07, 6.45) is 4.62. The Hall–Kier alpha value is -2.95. The van der Waals surface area contributed by atoms with Crippen LogP contribution in [0.5, 0.6) is 0 Å². The molecule has 0 radical (unpaired) electrons. The number of aromatic amines is 1. The first kappa shape index (κ1) is 14.0. The molecule has 0 aliphatic heterocycles. The lowest BCUT2D eigenvalue weighted by Gasteiger charge is -1.99. The normalized spacial score (nSPS) is 11.4. The predicted molar refractivity (Wildman–Crippen MR) is 85.9 cm³/mol. The molecule has 0 saturated heterocycles. The fraction of sp³-hybridized carbons (Fsp3) is 0.118. The zero-order valence-electron chi connectivity index (χ0n) is 12.3. The molecule has 3 aromatic rings. The Labute approximate surface area is 126 Å². The van der Waals surface area contributed by atoms with E-state index in [9.17, 15) is 9.59 Å². The number of H-pyrrole nitrogens is 1. The summed E-state index contributed by atoms with van der Waals surface area (Å²) in [5.74, 6) is -0.168. The van der Waals surface area contributed by atoms with Crippen LogP contribution in [0.1, 0.15) is 21.6 Å². The van der Waals surface area contributed by atoms with E-state index in [1.54, 1.807) is 37.0 Å². The highest BCUT2D eigenvalue weighted by molar-refractivity contribution is 6.07. The van der Waals surface area contributed by atoms with E-state index in [4.69, 9.17) is 0 Å². The van der Waals surface area contributed by atoms with Crippen LogP contribution in [-0.2, 0) is 7.05 Å². The van der Waals surface area contributed by atoms with Crippen molar-refractivity contribution in [2.24, 2.45) is 7.05 Å². The van der Waals surface area contributed by atoms with E-state index in [2.05, 4.69) is 10.1 Å². The highest BCUT2D eigenvalue weighted by atomic mass is 16.1. The Morgan fingerprint density at radius 2 is 2.09 bits per heavy atom. The molecule has 5 heteroatoms. The minimum absolute atomic E-state index is 0.168. The summed E-state index contributed by atoms with van der Waals surface area (Å²) in [4.78, 5) is 27.0. The number of rotatable bonds is 3. The van der Waals surface area contributed by atoms with E-state index in [0.717, 1.165) is 10.9 Å². The van der Waals surface area contributed by atoms with Gasteiger partial charge < -0.3 is 4.98 Å². The lowest BCUT2D eigenvalue weighted by atomic mass is 10.1. The molecular formula is C17H15N3O2. The van der Waals surface area contributed by atoms with Gasteiger partial charge >= 0.3 is 0 Å². The van der Waals surface area contributed by atoms with E-state index in [1.165, 1.54) is 6.08 Å². The van der Waals surface area contributed by atoms with E-state index in [1.807, 2.05) is 24.3 Å². The number of nitrogens with one attached hydrogen (secondary N) is 1. The van der Waals surface area contributed by atoms with Crippen molar-refractivity contribution in [1.29, 1.82) is 0 Å². The van der Waals surface area contributed by atoms with Gasteiger partial charge in [0.1, 0.15) is 0 Å². The van der Waals surface area contributed by atoms with Gasteiger partial charge in [0.25, 0.3) is 5.56 Å². The molecule has 0 unspecified atom stereocenters. The van der Waals surface area contributed by atoms with E-state index in [0.29, 0.717) is 16.8 Å². The van der Waals surface area contributed by atoms with Crippen molar-refractivity contribution in [2.75, 3.05) is 0 Å². The van der Waals surface area contributed by atoms with Gasteiger partial charge in [0.2, 0.25) is 0 Å². The van der Waals surface area contributed by atoms with Gasteiger partial charge in [-0.05, 0) is 36.6 Å². The second kappa shape index (κ2) is 5.44. The summed E-state index contributed by atoms with van der Waals surface area (Å²) in [5.41, 5.74) is 2.22. The third-order valence-electron chi connectivity index (χ3n) is 3.48. The van der Waals surface area contributed by atoms with Gasteiger partial charge in [-0.3, -0.25) is 14.3 Å². The van der Waals surface area contributed by atoms with Gasteiger partial charge in [0.15, 0.2) is 5.78 Å². The van der Waals surface area contributed by atoms with Gasteiger partial charge in [0, 0.05) is 24.3 Å². The van der Waals surface area contributed by atoms with Gasteiger partial charge in [-0.1, -0.05) is 18.2 Å². The maximum atomic E-state index is 12.2. The third-order valence-corrected chi connectivity index (χ3v) is 3.48. The van der Waals surface area contributed by atoms with Crippen molar-refractivity contribution in [3.05, 3.63) is 69.8 Å². The van der Waals surface area contributed by atoms with Crippen molar-refractivity contribution in [2.45, 2.75) is 6.92 Å². The summed E-state index contributed by atoms with van der Waals surface area (Å²) in [5, 5.41) is 5.06. The fourth-order valence-electron chi connectivity index (χ4n) is 2.38. The Morgan fingerprint density at radius 3 is 2.82 bits per heavy atom. The quantitative estimate of drug-likeness (QED) is 0.596. The highest BCUT2D eigenvalue weighted by Gasteiger charge is 2.09. The Balaban J connectivity index is 1.95. The molecule has 2 heterocycles. The zero-order valence-corrected chi connectivity index (χ0v) is 12.3. The van der Waals surface area contributed by atoms with Crippen molar-refractivity contribution in [1.82, 2.24) is 14.8 Å². The maximum Gasteiger partial charge on any atom is 0.255 e. The number of aryl methyl sites for hydroxylation is 2. The largest absolute Gasteiger partial charge is 0.321 e. The lowest BCUT2D eigenvalue weighted by molar-refractivity contribution is 0.104. The number of carbonyl (C=O) groups is 1. The van der Waals surface area contributed by atoms with Crippen LogP contribution in [-0.4, -0.2) is 20.5 Å². The number of benzene rings is 1. The molecule has 0 spiro atoms. The smallest absolute Gasteiger partial charge is 0.255 e. The Morgan fingerprint density at radius 1 is 1.32 bits per heavy atom. The van der Waals surface area contributed by atoms with Crippen LogP contribution in [0, 0.1) is 6.92 Å². The summed E-state index contributed by atoms with van der Waals surface area (Å²) in [7, 11) is 1.77. The van der Waals surface area contributed by atoms with E-state index < -0.39 is 0 Å². The molecule has 0 bridgehead atoms. The number of nitrogens with zero attached hydrogens (tertiary/aromatic N) is 2. The molecule has 0 aliphatic rings.